The van der Waals surface area contributed by atoms with Crippen LogP contribution in [0.1, 0.15) is 35.3 Å². The summed E-state index contributed by atoms with van der Waals surface area (Å²) in [6.07, 6.45) is 6.99. The van der Waals surface area contributed by atoms with Crippen molar-refractivity contribution >= 4 is 29.8 Å². The first-order valence-corrected chi connectivity index (χ1v) is 13.5. The Morgan fingerprint density at radius 1 is 1.19 bits per heavy atom. The normalized spacial score (nSPS) is 14.6. The van der Waals surface area contributed by atoms with Gasteiger partial charge in [0, 0.05) is 28.4 Å². The molecule has 1 radical (unpaired) electrons. The minimum absolute atomic E-state index is 0.0796. The molecule has 0 spiro atoms. The van der Waals surface area contributed by atoms with Gasteiger partial charge in [0.2, 0.25) is 7.41 Å². The first kappa shape index (κ1) is 23.8. The smallest absolute Gasteiger partial charge is 0.253 e. The molecule has 0 atom stereocenters. The lowest BCUT2D eigenvalue weighted by atomic mass is 9.90. The Balaban J connectivity index is 1.16. The van der Waals surface area contributed by atoms with E-state index in [0.29, 0.717) is 25.3 Å². The van der Waals surface area contributed by atoms with E-state index in [4.69, 9.17) is 14.8 Å². The van der Waals surface area contributed by atoms with Crippen LogP contribution in [0.25, 0.3) is 22.5 Å². The van der Waals surface area contributed by atoms with E-state index in [1.165, 1.54) is 12.0 Å². The quantitative estimate of drug-likeness (QED) is 0.332. The molecule has 4 heterocycles. The second-order valence-corrected chi connectivity index (χ2v) is 10.1. The van der Waals surface area contributed by atoms with Crippen molar-refractivity contribution in [1.82, 2.24) is 24.6 Å². The molecule has 4 aromatic rings. The number of carbonyl (C=O) groups excluding carboxylic acids is 1. The van der Waals surface area contributed by atoms with Gasteiger partial charge in [-0.25, -0.2) is 4.98 Å². The van der Waals surface area contributed by atoms with Crippen molar-refractivity contribution in [3.05, 3.63) is 76.7 Å². The Morgan fingerprint density at radius 3 is 2.81 bits per heavy atom. The van der Waals surface area contributed by atoms with Gasteiger partial charge in [-0.1, -0.05) is 25.0 Å². The lowest BCUT2D eigenvalue weighted by molar-refractivity contribution is 0.0801. The van der Waals surface area contributed by atoms with Crippen molar-refractivity contribution < 1.29 is 9.53 Å². The number of anilines is 1. The van der Waals surface area contributed by atoms with Crippen LogP contribution in [0.2, 0.25) is 6.82 Å². The molecule has 1 aromatic carbocycles. The van der Waals surface area contributed by atoms with Gasteiger partial charge in [-0.15, -0.1) is 11.3 Å². The van der Waals surface area contributed by atoms with E-state index >= 15 is 0 Å². The maximum atomic E-state index is 12.6. The zero-order chi connectivity index (χ0) is 25.2. The molecule has 3 aromatic heterocycles. The number of ether oxygens (including phenoxy) is 1. The third-order valence-electron chi connectivity index (χ3n) is 6.86. The van der Waals surface area contributed by atoms with Crippen LogP contribution in [-0.2, 0) is 17.9 Å². The third-order valence-corrected chi connectivity index (χ3v) is 7.62. The Labute approximate surface area is 220 Å². The molecule has 187 valence electrons. The molecule has 2 aliphatic rings. The summed E-state index contributed by atoms with van der Waals surface area (Å²) in [7, 11) is 1.91. The fraction of sp³-hybridized carbons (Fsp3) is 0.296. The van der Waals surface area contributed by atoms with Crippen molar-refractivity contribution in [2.45, 2.75) is 39.2 Å². The second kappa shape index (κ2) is 10.4. The van der Waals surface area contributed by atoms with E-state index < -0.39 is 0 Å². The fourth-order valence-electron chi connectivity index (χ4n) is 4.56. The number of nitrogens with zero attached hydrogens (tertiary/aromatic N) is 4. The number of thiazole rings is 1. The Kier molecular flexibility index (Phi) is 6.67. The molecule has 1 aliphatic heterocycles. The van der Waals surface area contributed by atoms with Gasteiger partial charge >= 0.3 is 0 Å². The summed E-state index contributed by atoms with van der Waals surface area (Å²) in [5, 5.41) is 14.2. The maximum absolute atomic E-state index is 12.6. The van der Waals surface area contributed by atoms with E-state index in [-0.39, 0.29) is 5.91 Å². The lowest BCUT2D eigenvalue weighted by Crippen LogP contribution is -2.29. The third kappa shape index (κ3) is 5.12. The molecule has 1 amide bonds. The van der Waals surface area contributed by atoms with Crippen LogP contribution in [0.4, 0.5) is 5.13 Å². The molecule has 0 unspecified atom stereocenters. The summed E-state index contributed by atoms with van der Waals surface area (Å²) in [5.74, 6) is -0.0796. The highest BCUT2D eigenvalue weighted by molar-refractivity contribution is 7.14. The van der Waals surface area contributed by atoms with Crippen LogP contribution in [0.5, 0.6) is 0 Å². The monoisotopic (exact) mass is 511 g/mol. The number of aromatic nitrogens is 4. The number of amides is 1. The first-order chi connectivity index (χ1) is 18.2. The molecular formula is C27H28BN6O2S. The van der Waals surface area contributed by atoms with E-state index in [1.54, 1.807) is 11.3 Å². The molecule has 0 saturated heterocycles. The van der Waals surface area contributed by atoms with Crippen LogP contribution in [0.15, 0.2) is 65.4 Å². The van der Waals surface area contributed by atoms with E-state index in [1.807, 2.05) is 47.9 Å². The standard InChI is InChI=1S/C27H28BN6O2S/c1-28-33-9-8-21(15-33)26(35)29-14-24(18-4-2-5-18)30-27-31-25(17-37-27)20-7-3-6-19(12-20)23-13-22-16-36-11-10-34(22)32-23/h3,6-9,12-13,15,17H,2,4-5,10-11,14,16H2,1H3,(H,29,35)(H,30,31). The molecule has 10 heteroatoms. The van der Waals surface area contributed by atoms with Gasteiger partial charge in [0.1, 0.15) is 0 Å². The predicted octanol–water partition coefficient (Wildman–Crippen LogP) is 4.80. The summed E-state index contributed by atoms with van der Waals surface area (Å²) in [6.45, 7) is 4.49. The number of nitrogens with one attached hydrogen (secondary N) is 2. The maximum Gasteiger partial charge on any atom is 0.253 e. The molecule has 0 bridgehead atoms. The van der Waals surface area contributed by atoms with E-state index in [9.17, 15) is 4.79 Å². The largest absolute Gasteiger partial charge is 0.402 e. The Morgan fingerprint density at radius 2 is 2.05 bits per heavy atom. The van der Waals surface area contributed by atoms with Crippen molar-refractivity contribution in [1.29, 1.82) is 0 Å². The average Bonchev–Trinajstić information content (AvgIpc) is 3.65. The Hall–Kier alpha value is -3.63. The predicted molar refractivity (Wildman–Crippen MR) is 147 cm³/mol. The number of rotatable bonds is 8. The highest BCUT2D eigenvalue weighted by Gasteiger charge is 2.18. The zero-order valence-electron chi connectivity index (χ0n) is 20.7. The minimum Gasteiger partial charge on any atom is -0.402 e. The van der Waals surface area contributed by atoms with Crippen molar-refractivity contribution in [2.24, 2.45) is 0 Å². The van der Waals surface area contributed by atoms with Crippen LogP contribution in [-0.4, -0.2) is 45.7 Å². The average molecular weight is 511 g/mol. The van der Waals surface area contributed by atoms with E-state index in [0.717, 1.165) is 58.4 Å². The summed E-state index contributed by atoms with van der Waals surface area (Å²) < 4.78 is 9.46. The van der Waals surface area contributed by atoms with Crippen molar-refractivity contribution in [2.75, 3.05) is 18.5 Å². The van der Waals surface area contributed by atoms with Crippen LogP contribution in [0.3, 0.4) is 0 Å². The molecule has 2 N–H and O–H groups in total. The van der Waals surface area contributed by atoms with Crippen LogP contribution >= 0.6 is 11.3 Å². The SMILES string of the molecule is C[B]n1ccc(C(=O)NCC(Nc2nc(-c3cccc(-c4cc5n(n4)CCOC5)c3)cs2)=C2CCC2)c1. The van der Waals surface area contributed by atoms with Crippen molar-refractivity contribution in [3.8, 4) is 22.5 Å². The first-order valence-electron chi connectivity index (χ1n) is 12.6. The van der Waals surface area contributed by atoms with Crippen molar-refractivity contribution in [3.63, 3.8) is 0 Å². The number of hydrogen-bond acceptors (Lipinski definition) is 6. The van der Waals surface area contributed by atoms with Gasteiger partial charge in [-0.05, 0) is 49.2 Å². The minimum atomic E-state index is -0.0796. The second-order valence-electron chi connectivity index (χ2n) is 9.26. The lowest BCUT2D eigenvalue weighted by Gasteiger charge is -2.22. The number of fused-ring (bicyclic) bond motifs is 1. The number of benzene rings is 1. The van der Waals surface area contributed by atoms with Gasteiger partial charge in [-0.3, -0.25) is 9.48 Å². The number of hydrogen-bond donors (Lipinski definition) is 2. The summed E-state index contributed by atoms with van der Waals surface area (Å²) >= 11 is 1.57. The van der Waals surface area contributed by atoms with Crippen LogP contribution < -0.4 is 10.6 Å². The van der Waals surface area contributed by atoms with E-state index in [2.05, 4.69) is 40.3 Å². The highest BCUT2D eigenvalue weighted by atomic mass is 32.1. The molecule has 37 heavy (non-hydrogen) atoms. The fourth-order valence-corrected chi connectivity index (χ4v) is 5.30. The summed E-state index contributed by atoms with van der Waals surface area (Å²) in [4.78, 5) is 17.5. The molecule has 8 nitrogen and oxygen atoms in total. The molecule has 1 fully saturated rings. The number of carbonyl (C=O) groups is 1. The van der Waals surface area contributed by atoms with Crippen LogP contribution in [0, 0.1) is 0 Å². The molecular weight excluding hydrogens is 483 g/mol. The summed E-state index contributed by atoms with van der Waals surface area (Å²) in [6, 6.07) is 12.3. The topological polar surface area (TPSA) is 86.0 Å². The Bertz CT molecular complexity index is 1440. The zero-order valence-corrected chi connectivity index (χ0v) is 21.6. The van der Waals surface area contributed by atoms with Gasteiger partial charge in [0.15, 0.2) is 5.13 Å². The number of allylic oxidation sites excluding steroid dienone is 1. The van der Waals surface area contributed by atoms with Gasteiger partial charge in [0.05, 0.1) is 48.9 Å². The summed E-state index contributed by atoms with van der Waals surface area (Å²) in [5.41, 5.74) is 8.14. The molecule has 1 aliphatic carbocycles. The highest BCUT2D eigenvalue weighted by Crippen LogP contribution is 2.32. The molecule has 6 rings (SSSR count). The van der Waals surface area contributed by atoms with Gasteiger partial charge in [0.25, 0.3) is 5.91 Å². The van der Waals surface area contributed by atoms with Gasteiger partial charge < -0.3 is 19.8 Å². The van der Waals surface area contributed by atoms with Gasteiger partial charge in [-0.2, -0.15) is 5.10 Å². The molecule has 1 saturated carbocycles.